The van der Waals surface area contributed by atoms with Crippen LogP contribution in [0.5, 0.6) is 11.5 Å². The number of rotatable bonds is 12. The molecule has 0 saturated heterocycles. The van der Waals surface area contributed by atoms with Gasteiger partial charge in [0.05, 0.1) is 13.2 Å². The second-order valence-corrected chi connectivity index (χ2v) is 13.2. The van der Waals surface area contributed by atoms with Crippen LogP contribution in [0.25, 0.3) is 0 Å². The maximum absolute atomic E-state index is 12.5. The van der Waals surface area contributed by atoms with Crippen LogP contribution in [0, 0.1) is 10.8 Å². The lowest BCUT2D eigenvalue weighted by Gasteiger charge is -2.27. The molecule has 0 aliphatic heterocycles. The number of ether oxygens (including phenoxy) is 6. The zero-order chi connectivity index (χ0) is 32.5. The van der Waals surface area contributed by atoms with Gasteiger partial charge in [-0.05, 0) is 62.1 Å². The van der Waals surface area contributed by atoms with E-state index in [-0.39, 0.29) is 42.0 Å². The molecule has 238 valence electrons. The molecule has 3 N–H and O–H groups in total. The van der Waals surface area contributed by atoms with Gasteiger partial charge in [0.2, 0.25) is 0 Å². The second kappa shape index (κ2) is 15.1. The second-order valence-electron chi connectivity index (χ2n) is 13.2. The van der Waals surface area contributed by atoms with Crippen LogP contribution in [0.2, 0.25) is 0 Å². The predicted octanol–water partition coefficient (Wildman–Crippen LogP) is 6.43. The lowest BCUT2D eigenvalue weighted by molar-refractivity contribution is -0.139. The number of hydrogen-bond acceptors (Lipinski definition) is 11. The average Bonchev–Trinajstić information content (AvgIpc) is 2.84. The minimum Gasteiger partial charge on any atom is -0.480 e. The van der Waals surface area contributed by atoms with E-state index in [4.69, 9.17) is 34.2 Å². The molecule has 0 fully saturated rings. The van der Waals surface area contributed by atoms with Crippen LogP contribution < -0.4 is 15.2 Å². The molecule has 0 aliphatic carbocycles. The van der Waals surface area contributed by atoms with Crippen LogP contribution in [0.3, 0.4) is 0 Å². The molecule has 0 heterocycles. The molecule has 12 heteroatoms. The van der Waals surface area contributed by atoms with E-state index in [0.717, 1.165) is 0 Å². The van der Waals surface area contributed by atoms with Crippen molar-refractivity contribution in [2.75, 3.05) is 13.2 Å². The van der Waals surface area contributed by atoms with Gasteiger partial charge in [-0.25, -0.2) is 14.4 Å². The van der Waals surface area contributed by atoms with Crippen molar-refractivity contribution in [3.8, 4) is 11.5 Å². The Bertz CT molecular complexity index is 1090. The summed E-state index contributed by atoms with van der Waals surface area (Å²) >= 11 is 0. The summed E-state index contributed by atoms with van der Waals surface area (Å²) in [5, 5.41) is 9.70. The monoisotopic (exact) mass is 597 g/mol. The summed E-state index contributed by atoms with van der Waals surface area (Å²) in [6.07, 6.45) is -3.25. The van der Waals surface area contributed by atoms with Crippen molar-refractivity contribution in [3.63, 3.8) is 0 Å². The number of carbonyl (C=O) groups is 4. The third kappa shape index (κ3) is 13.9. The Balaban J connectivity index is 3.34. The van der Waals surface area contributed by atoms with E-state index in [1.165, 1.54) is 18.2 Å². The minimum absolute atomic E-state index is 0.0170. The van der Waals surface area contributed by atoms with Crippen LogP contribution >= 0.6 is 0 Å². The molecule has 1 rings (SSSR count). The highest BCUT2D eigenvalue weighted by Crippen LogP contribution is 2.35. The van der Waals surface area contributed by atoms with Crippen molar-refractivity contribution in [2.24, 2.45) is 16.6 Å². The SMILES string of the molecule is CCC(C)(C)OC(=O)OC(C)CC(c1ccc(OC(=O)OCC(C)(C)C)c(OC(=O)OCC(C)(C)C)c1)[C@H](N)C(=O)O. The molecular weight excluding hydrogens is 550 g/mol. The maximum Gasteiger partial charge on any atom is 0.513 e. The predicted molar refractivity (Wildman–Crippen MR) is 154 cm³/mol. The molecule has 0 spiro atoms. The molecule has 0 radical (unpaired) electrons. The standard InChI is InChI=1S/C30H47NO11/c1-11-30(9,10)42-27(36)39-18(2)14-20(23(31)24(32)33)19-12-13-21(40-25(34)37-16-28(3,4)5)22(15-19)41-26(35)38-17-29(6,7)8/h12-13,15,18,20,23H,11,14,16-17,31H2,1-10H3,(H,32,33)/t18?,20?,23-/m0/s1. The number of carbonyl (C=O) groups excluding carboxylic acids is 3. The number of carboxylic acids is 1. The number of hydrogen-bond donors (Lipinski definition) is 2. The van der Waals surface area contributed by atoms with Crippen molar-refractivity contribution in [3.05, 3.63) is 23.8 Å². The van der Waals surface area contributed by atoms with E-state index in [2.05, 4.69) is 0 Å². The summed E-state index contributed by atoms with van der Waals surface area (Å²) < 4.78 is 31.7. The molecule has 2 unspecified atom stereocenters. The largest absolute Gasteiger partial charge is 0.513 e. The van der Waals surface area contributed by atoms with E-state index in [1.807, 2.05) is 48.5 Å². The van der Waals surface area contributed by atoms with Crippen LogP contribution in [0.4, 0.5) is 14.4 Å². The van der Waals surface area contributed by atoms with Gasteiger partial charge < -0.3 is 39.3 Å². The molecule has 0 amide bonds. The van der Waals surface area contributed by atoms with Crippen LogP contribution in [0.1, 0.15) is 93.6 Å². The van der Waals surface area contributed by atoms with E-state index >= 15 is 0 Å². The average molecular weight is 598 g/mol. The van der Waals surface area contributed by atoms with E-state index in [0.29, 0.717) is 12.0 Å². The highest BCUT2D eigenvalue weighted by molar-refractivity contribution is 5.75. The van der Waals surface area contributed by atoms with Crippen LogP contribution in [0.15, 0.2) is 18.2 Å². The molecule has 0 aromatic heterocycles. The third-order valence-corrected chi connectivity index (χ3v) is 5.84. The van der Waals surface area contributed by atoms with Gasteiger partial charge in [0.25, 0.3) is 0 Å². The van der Waals surface area contributed by atoms with Gasteiger partial charge in [-0.2, -0.15) is 0 Å². The third-order valence-electron chi connectivity index (χ3n) is 5.84. The fraction of sp³-hybridized carbons (Fsp3) is 0.667. The summed E-state index contributed by atoms with van der Waals surface area (Å²) in [7, 11) is 0. The smallest absolute Gasteiger partial charge is 0.480 e. The van der Waals surface area contributed by atoms with Gasteiger partial charge in [-0.3, -0.25) is 4.79 Å². The number of aliphatic carboxylic acids is 1. The molecule has 1 aromatic rings. The molecule has 1 aromatic carbocycles. The highest BCUT2D eigenvalue weighted by atomic mass is 16.7. The first-order valence-electron chi connectivity index (χ1n) is 13.8. The van der Waals surface area contributed by atoms with Gasteiger partial charge >= 0.3 is 24.4 Å². The molecule has 3 atom stereocenters. The van der Waals surface area contributed by atoms with Gasteiger partial charge in [-0.1, -0.05) is 54.5 Å². The summed E-state index contributed by atoms with van der Waals surface area (Å²) in [5.41, 5.74) is 4.93. The Morgan fingerprint density at radius 1 is 0.833 bits per heavy atom. The van der Waals surface area contributed by atoms with Gasteiger partial charge in [0.15, 0.2) is 11.5 Å². The number of nitrogens with two attached hydrogens (primary N) is 1. The molecule has 0 aliphatic rings. The number of benzene rings is 1. The van der Waals surface area contributed by atoms with E-state index in [9.17, 15) is 24.3 Å². The van der Waals surface area contributed by atoms with Gasteiger partial charge in [-0.15, -0.1) is 0 Å². The quantitative estimate of drug-likeness (QED) is 0.154. The Hall–Kier alpha value is -3.54. The summed E-state index contributed by atoms with van der Waals surface area (Å²) in [4.78, 5) is 49.1. The van der Waals surface area contributed by atoms with E-state index < -0.39 is 48.1 Å². The first kappa shape index (κ1) is 36.5. The van der Waals surface area contributed by atoms with Gasteiger partial charge in [0, 0.05) is 5.92 Å². The lowest BCUT2D eigenvalue weighted by Crippen LogP contribution is -2.38. The van der Waals surface area contributed by atoms with Crippen molar-refractivity contribution in [2.45, 2.75) is 106 Å². The van der Waals surface area contributed by atoms with Crippen molar-refractivity contribution in [1.82, 2.24) is 0 Å². The van der Waals surface area contributed by atoms with Crippen LogP contribution in [-0.4, -0.2) is 60.5 Å². The summed E-state index contributed by atoms with van der Waals surface area (Å²) in [5.74, 6) is -2.61. The maximum atomic E-state index is 12.5. The summed E-state index contributed by atoms with van der Waals surface area (Å²) in [6, 6.07) is 2.69. The Labute approximate surface area is 248 Å². The molecule has 0 bridgehead atoms. The topological polar surface area (TPSA) is 170 Å². The highest BCUT2D eigenvalue weighted by Gasteiger charge is 2.31. The fourth-order valence-corrected chi connectivity index (χ4v) is 3.26. The first-order chi connectivity index (χ1) is 19.1. The first-order valence-corrected chi connectivity index (χ1v) is 13.8. The molecule has 0 saturated carbocycles. The van der Waals surface area contributed by atoms with Crippen LogP contribution in [-0.2, 0) is 23.7 Å². The van der Waals surface area contributed by atoms with Crippen molar-refractivity contribution in [1.29, 1.82) is 0 Å². The van der Waals surface area contributed by atoms with E-state index in [1.54, 1.807) is 20.8 Å². The lowest BCUT2D eigenvalue weighted by atomic mass is 9.87. The molecule has 42 heavy (non-hydrogen) atoms. The Morgan fingerprint density at radius 2 is 1.33 bits per heavy atom. The summed E-state index contributed by atoms with van der Waals surface area (Å²) in [6.45, 7) is 18.2. The normalized spacial score (nSPS) is 14.2. The fourth-order valence-electron chi connectivity index (χ4n) is 3.26. The Kier molecular flexibility index (Phi) is 13.1. The van der Waals surface area contributed by atoms with Crippen molar-refractivity contribution >= 4 is 24.4 Å². The molecule has 12 nitrogen and oxygen atoms in total. The van der Waals surface area contributed by atoms with Crippen molar-refractivity contribution < 1.29 is 52.7 Å². The zero-order valence-corrected chi connectivity index (χ0v) is 26.4. The Morgan fingerprint density at radius 3 is 1.79 bits per heavy atom. The van der Waals surface area contributed by atoms with Gasteiger partial charge in [0.1, 0.15) is 17.7 Å². The molecular formula is C30H47NO11. The number of carboxylic acid groups (broad SMARTS) is 1. The zero-order valence-electron chi connectivity index (χ0n) is 26.4. The minimum atomic E-state index is -1.43.